The van der Waals surface area contributed by atoms with Crippen molar-refractivity contribution in [3.63, 3.8) is 0 Å². The summed E-state index contributed by atoms with van der Waals surface area (Å²) in [5.41, 5.74) is 9.81. The Labute approximate surface area is 174 Å². The van der Waals surface area contributed by atoms with E-state index in [-0.39, 0.29) is 10.8 Å². The molecule has 0 amide bonds. The van der Waals surface area contributed by atoms with Crippen LogP contribution in [0.25, 0.3) is 33.0 Å². The van der Waals surface area contributed by atoms with Gasteiger partial charge < -0.3 is 0 Å². The third-order valence-corrected chi connectivity index (χ3v) is 6.62. The molecule has 0 aliphatic heterocycles. The summed E-state index contributed by atoms with van der Waals surface area (Å²) >= 11 is 0. The largest absolute Gasteiger partial charge is 0.0619 e. The van der Waals surface area contributed by atoms with Gasteiger partial charge in [0.2, 0.25) is 0 Å². The Kier molecular flexibility index (Phi) is 3.80. The number of fused-ring (bicyclic) bond motifs is 4. The standard InChI is InChI=1S/C29H28/c1-28(2,3)23-14-12-20-16-19(10-11-21(20)17-23)22-13-15-25-24-8-6-7-9-26(24)29(4,5)27(25)18-22/h6-18H,1-5H3. The highest BCUT2D eigenvalue weighted by atomic mass is 14.4. The monoisotopic (exact) mass is 376 g/mol. The topological polar surface area (TPSA) is 0 Å². The fourth-order valence-electron chi connectivity index (χ4n) is 4.78. The molecule has 0 heteroatoms. The van der Waals surface area contributed by atoms with Crippen molar-refractivity contribution in [1.82, 2.24) is 0 Å². The van der Waals surface area contributed by atoms with Gasteiger partial charge in [-0.2, -0.15) is 0 Å². The predicted octanol–water partition coefficient (Wildman–Crippen LogP) is 8.11. The Morgan fingerprint density at radius 1 is 0.586 bits per heavy atom. The van der Waals surface area contributed by atoms with E-state index in [0.29, 0.717) is 0 Å². The quantitative estimate of drug-likeness (QED) is 0.315. The summed E-state index contributed by atoms with van der Waals surface area (Å²) in [6, 6.07) is 29.6. The minimum absolute atomic E-state index is 0.0421. The first-order chi connectivity index (χ1) is 13.7. The first kappa shape index (κ1) is 18.2. The Balaban J connectivity index is 1.61. The van der Waals surface area contributed by atoms with Gasteiger partial charge in [-0.1, -0.05) is 101 Å². The average molecular weight is 377 g/mol. The molecule has 0 fully saturated rings. The van der Waals surface area contributed by atoms with Gasteiger partial charge in [-0.25, -0.2) is 0 Å². The number of hydrogen-bond acceptors (Lipinski definition) is 0. The molecule has 0 spiro atoms. The second-order valence-electron chi connectivity index (χ2n) is 9.96. The fraction of sp³-hybridized carbons (Fsp3) is 0.241. The highest BCUT2D eigenvalue weighted by Crippen LogP contribution is 2.49. The summed E-state index contributed by atoms with van der Waals surface area (Å²) < 4.78 is 0. The van der Waals surface area contributed by atoms with Crippen molar-refractivity contribution in [1.29, 1.82) is 0 Å². The number of benzene rings is 4. The molecule has 1 aliphatic carbocycles. The van der Waals surface area contributed by atoms with E-state index in [1.54, 1.807) is 0 Å². The molecule has 29 heavy (non-hydrogen) atoms. The highest BCUT2D eigenvalue weighted by molar-refractivity contribution is 5.89. The van der Waals surface area contributed by atoms with Crippen LogP contribution < -0.4 is 0 Å². The van der Waals surface area contributed by atoms with Crippen LogP contribution in [0.3, 0.4) is 0 Å². The van der Waals surface area contributed by atoms with Gasteiger partial charge >= 0.3 is 0 Å². The van der Waals surface area contributed by atoms with Gasteiger partial charge in [-0.15, -0.1) is 0 Å². The summed E-state index contributed by atoms with van der Waals surface area (Å²) in [5, 5.41) is 2.62. The molecule has 0 atom stereocenters. The Morgan fingerprint density at radius 3 is 2.00 bits per heavy atom. The van der Waals surface area contributed by atoms with Crippen molar-refractivity contribution in [2.24, 2.45) is 0 Å². The summed E-state index contributed by atoms with van der Waals surface area (Å²) in [5.74, 6) is 0. The number of rotatable bonds is 1. The van der Waals surface area contributed by atoms with Crippen LogP contribution >= 0.6 is 0 Å². The SMILES string of the molecule is CC(C)(C)c1ccc2cc(-c3ccc4c(c3)C(C)(C)c3ccccc3-4)ccc2c1. The first-order valence-electron chi connectivity index (χ1n) is 10.5. The van der Waals surface area contributed by atoms with Gasteiger partial charge in [0.25, 0.3) is 0 Å². The maximum absolute atomic E-state index is 2.40. The lowest BCUT2D eigenvalue weighted by molar-refractivity contribution is 0.591. The molecule has 0 nitrogen and oxygen atoms in total. The molecule has 0 radical (unpaired) electrons. The summed E-state index contributed by atoms with van der Waals surface area (Å²) in [6.45, 7) is 11.5. The van der Waals surface area contributed by atoms with Gasteiger partial charge in [0.15, 0.2) is 0 Å². The van der Waals surface area contributed by atoms with Crippen LogP contribution in [-0.2, 0) is 10.8 Å². The second-order valence-corrected chi connectivity index (χ2v) is 9.96. The molecule has 0 bridgehead atoms. The Morgan fingerprint density at radius 2 is 1.21 bits per heavy atom. The van der Waals surface area contributed by atoms with Crippen molar-refractivity contribution >= 4 is 10.8 Å². The van der Waals surface area contributed by atoms with Crippen LogP contribution in [0, 0.1) is 0 Å². The minimum Gasteiger partial charge on any atom is -0.0619 e. The van der Waals surface area contributed by atoms with Gasteiger partial charge in [-0.05, 0) is 67.3 Å². The van der Waals surface area contributed by atoms with E-state index >= 15 is 0 Å². The Hall–Kier alpha value is -2.86. The van der Waals surface area contributed by atoms with Crippen LogP contribution in [0.4, 0.5) is 0 Å². The smallest absolute Gasteiger partial charge is 0.0159 e. The van der Waals surface area contributed by atoms with E-state index in [1.807, 2.05) is 0 Å². The van der Waals surface area contributed by atoms with Crippen LogP contribution in [-0.4, -0.2) is 0 Å². The zero-order valence-electron chi connectivity index (χ0n) is 18.0. The molecule has 5 rings (SSSR count). The van der Waals surface area contributed by atoms with Gasteiger partial charge in [-0.3, -0.25) is 0 Å². The predicted molar refractivity (Wildman–Crippen MR) is 126 cm³/mol. The summed E-state index contributed by atoms with van der Waals surface area (Å²) in [7, 11) is 0. The molecule has 0 saturated carbocycles. The van der Waals surface area contributed by atoms with E-state index in [2.05, 4.69) is 113 Å². The molecule has 4 aromatic carbocycles. The van der Waals surface area contributed by atoms with Crippen molar-refractivity contribution in [2.45, 2.75) is 45.4 Å². The molecule has 144 valence electrons. The lowest BCUT2D eigenvalue weighted by Crippen LogP contribution is -2.14. The fourth-order valence-corrected chi connectivity index (χ4v) is 4.78. The van der Waals surface area contributed by atoms with Gasteiger partial charge in [0.05, 0.1) is 0 Å². The Bertz CT molecular complexity index is 1250. The van der Waals surface area contributed by atoms with Crippen molar-refractivity contribution in [3.8, 4) is 22.3 Å². The van der Waals surface area contributed by atoms with Gasteiger partial charge in [0.1, 0.15) is 0 Å². The van der Waals surface area contributed by atoms with Crippen LogP contribution in [0.1, 0.15) is 51.3 Å². The number of hydrogen-bond donors (Lipinski definition) is 0. The third kappa shape index (κ3) is 2.82. The van der Waals surface area contributed by atoms with Crippen LogP contribution in [0.5, 0.6) is 0 Å². The molecule has 0 unspecified atom stereocenters. The van der Waals surface area contributed by atoms with Crippen molar-refractivity contribution in [3.05, 3.63) is 95.6 Å². The molecule has 1 aliphatic rings. The summed E-state index contributed by atoms with van der Waals surface area (Å²) in [4.78, 5) is 0. The van der Waals surface area contributed by atoms with E-state index < -0.39 is 0 Å². The molecule has 0 N–H and O–H groups in total. The van der Waals surface area contributed by atoms with E-state index in [1.165, 1.54) is 49.7 Å². The highest BCUT2D eigenvalue weighted by Gasteiger charge is 2.35. The van der Waals surface area contributed by atoms with Crippen molar-refractivity contribution < 1.29 is 0 Å². The van der Waals surface area contributed by atoms with E-state index in [9.17, 15) is 0 Å². The molecule has 0 aromatic heterocycles. The molecular formula is C29H28. The first-order valence-corrected chi connectivity index (χ1v) is 10.5. The maximum atomic E-state index is 2.40. The van der Waals surface area contributed by atoms with E-state index in [0.717, 1.165) is 0 Å². The third-order valence-electron chi connectivity index (χ3n) is 6.62. The van der Waals surface area contributed by atoms with Crippen LogP contribution in [0.2, 0.25) is 0 Å². The van der Waals surface area contributed by atoms with Crippen LogP contribution in [0.15, 0.2) is 78.9 Å². The molecular weight excluding hydrogens is 348 g/mol. The van der Waals surface area contributed by atoms with E-state index in [4.69, 9.17) is 0 Å². The second kappa shape index (κ2) is 6.07. The molecule has 0 saturated heterocycles. The zero-order chi connectivity index (χ0) is 20.4. The van der Waals surface area contributed by atoms with Crippen molar-refractivity contribution in [2.75, 3.05) is 0 Å². The lowest BCUT2D eigenvalue weighted by atomic mass is 9.81. The lowest BCUT2D eigenvalue weighted by Gasteiger charge is -2.22. The summed E-state index contributed by atoms with van der Waals surface area (Å²) in [6.07, 6.45) is 0. The van der Waals surface area contributed by atoms with Gasteiger partial charge in [0, 0.05) is 5.41 Å². The normalized spacial score (nSPS) is 14.7. The minimum atomic E-state index is 0.0421. The zero-order valence-corrected chi connectivity index (χ0v) is 18.0. The molecule has 0 heterocycles. The maximum Gasteiger partial charge on any atom is 0.0159 e. The average Bonchev–Trinajstić information content (AvgIpc) is 2.94. The molecule has 4 aromatic rings.